The van der Waals surface area contributed by atoms with Crippen LogP contribution in [0.5, 0.6) is 5.75 Å². The van der Waals surface area contributed by atoms with Gasteiger partial charge in [-0.3, -0.25) is 9.59 Å². The van der Waals surface area contributed by atoms with Crippen LogP contribution in [0.4, 0.5) is 5.00 Å². The molecule has 0 aliphatic heterocycles. The SMILES string of the molecule is COCCOC(=O)c1c(NC(=O)COC(=O)c2ccc(OCC(C)C)cc2)sc(C(N)=O)c1C. The number of amides is 2. The average molecular weight is 493 g/mol. The standard InChI is InChI=1S/C23H28N2O8S/c1-13(2)11-32-16-7-5-15(6-8-16)22(28)33-12-17(26)25-21-18(23(29)31-10-9-30-4)14(3)19(34-21)20(24)27/h5-8,13H,9-12H2,1-4H3,(H2,24,27)(H,25,26). The highest BCUT2D eigenvalue weighted by molar-refractivity contribution is 7.18. The molecule has 1 aromatic carbocycles. The highest BCUT2D eigenvalue weighted by atomic mass is 32.1. The first-order valence-corrected chi connectivity index (χ1v) is 11.2. The second-order valence-electron chi connectivity index (χ2n) is 7.61. The molecule has 0 atom stereocenters. The van der Waals surface area contributed by atoms with Crippen molar-refractivity contribution < 1.29 is 38.1 Å². The Labute approximate surface area is 201 Å². The van der Waals surface area contributed by atoms with Gasteiger partial charge in [0.1, 0.15) is 17.4 Å². The molecule has 2 amide bonds. The summed E-state index contributed by atoms with van der Waals surface area (Å²) in [6, 6.07) is 6.35. The van der Waals surface area contributed by atoms with E-state index in [9.17, 15) is 19.2 Å². The second kappa shape index (κ2) is 12.7. The third-order valence-corrected chi connectivity index (χ3v) is 5.58. The molecule has 184 valence electrons. The third kappa shape index (κ3) is 7.56. The minimum Gasteiger partial charge on any atom is -0.493 e. The van der Waals surface area contributed by atoms with Gasteiger partial charge in [0, 0.05) is 7.11 Å². The molecule has 2 aromatic rings. The number of hydrogen-bond donors (Lipinski definition) is 2. The molecule has 0 saturated carbocycles. The fraction of sp³-hybridized carbons (Fsp3) is 0.391. The van der Waals surface area contributed by atoms with Crippen molar-refractivity contribution >= 4 is 40.1 Å². The third-order valence-electron chi connectivity index (χ3n) is 4.36. The largest absolute Gasteiger partial charge is 0.493 e. The number of rotatable bonds is 12. The summed E-state index contributed by atoms with van der Waals surface area (Å²) in [6.07, 6.45) is 0. The molecule has 34 heavy (non-hydrogen) atoms. The summed E-state index contributed by atoms with van der Waals surface area (Å²) in [5.74, 6) is -1.92. The van der Waals surface area contributed by atoms with Gasteiger partial charge in [-0.05, 0) is 42.7 Å². The van der Waals surface area contributed by atoms with Crippen molar-refractivity contribution in [3.8, 4) is 5.75 Å². The van der Waals surface area contributed by atoms with Crippen LogP contribution in [-0.4, -0.2) is 57.3 Å². The molecule has 3 N–H and O–H groups in total. The summed E-state index contributed by atoms with van der Waals surface area (Å²) in [6.45, 7) is 5.68. The van der Waals surface area contributed by atoms with Crippen LogP contribution >= 0.6 is 11.3 Å². The second-order valence-corrected chi connectivity index (χ2v) is 8.63. The van der Waals surface area contributed by atoms with E-state index >= 15 is 0 Å². The molecule has 10 nitrogen and oxygen atoms in total. The molecule has 0 aliphatic rings. The van der Waals surface area contributed by atoms with Crippen molar-refractivity contribution in [3.05, 3.63) is 45.8 Å². The Kier molecular flexibility index (Phi) is 10.0. The lowest BCUT2D eigenvalue weighted by molar-refractivity contribution is -0.119. The Bertz CT molecular complexity index is 1030. The highest BCUT2D eigenvalue weighted by Gasteiger charge is 2.26. The van der Waals surface area contributed by atoms with E-state index in [1.807, 2.05) is 13.8 Å². The lowest BCUT2D eigenvalue weighted by Gasteiger charge is -2.10. The molecule has 0 spiro atoms. The number of carbonyl (C=O) groups excluding carboxylic acids is 4. The first-order valence-electron chi connectivity index (χ1n) is 10.4. The van der Waals surface area contributed by atoms with E-state index in [2.05, 4.69) is 5.32 Å². The van der Waals surface area contributed by atoms with Crippen LogP contribution in [0.1, 0.15) is 49.8 Å². The van der Waals surface area contributed by atoms with Crippen LogP contribution in [0.25, 0.3) is 0 Å². The first-order chi connectivity index (χ1) is 16.1. The highest BCUT2D eigenvalue weighted by Crippen LogP contribution is 2.33. The van der Waals surface area contributed by atoms with E-state index in [0.717, 1.165) is 11.3 Å². The zero-order valence-electron chi connectivity index (χ0n) is 19.5. The molecule has 1 heterocycles. The van der Waals surface area contributed by atoms with Crippen LogP contribution in [0, 0.1) is 12.8 Å². The fourth-order valence-corrected chi connectivity index (χ4v) is 3.76. The van der Waals surface area contributed by atoms with E-state index < -0.39 is 30.4 Å². The number of nitrogens with two attached hydrogens (primary N) is 1. The molecule has 0 radical (unpaired) electrons. The maximum absolute atomic E-state index is 12.5. The van der Waals surface area contributed by atoms with Crippen molar-refractivity contribution in [2.75, 3.05) is 38.9 Å². The first kappa shape index (κ1) is 26.8. The van der Waals surface area contributed by atoms with Crippen molar-refractivity contribution in [3.63, 3.8) is 0 Å². The molecule has 2 rings (SSSR count). The predicted octanol–water partition coefficient (Wildman–Crippen LogP) is 2.79. The number of esters is 2. The number of ether oxygens (including phenoxy) is 4. The van der Waals surface area contributed by atoms with Crippen molar-refractivity contribution in [2.24, 2.45) is 11.7 Å². The molecular weight excluding hydrogens is 464 g/mol. The summed E-state index contributed by atoms with van der Waals surface area (Å²) in [5.41, 5.74) is 5.90. The Morgan fingerprint density at radius 3 is 2.29 bits per heavy atom. The van der Waals surface area contributed by atoms with Gasteiger partial charge >= 0.3 is 11.9 Å². The van der Waals surface area contributed by atoms with Crippen LogP contribution < -0.4 is 15.8 Å². The lowest BCUT2D eigenvalue weighted by Crippen LogP contribution is -2.22. The van der Waals surface area contributed by atoms with Crippen LogP contribution in [-0.2, 0) is 19.0 Å². The Morgan fingerprint density at radius 2 is 1.71 bits per heavy atom. The normalized spacial score (nSPS) is 10.6. The van der Waals surface area contributed by atoms with Gasteiger partial charge in [0.15, 0.2) is 6.61 Å². The van der Waals surface area contributed by atoms with Gasteiger partial charge in [-0.25, -0.2) is 9.59 Å². The van der Waals surface area contributed by atoms with Gasteiger partial charge < -0.3 is 30.0 Å². The average Bonchev–Trinajstić information content (AvgIpc) is 3.12. The van der Waals surface area contributed by atoms with Gasteiger partial charge in [-0.15, -0.1) is 11.3 Å². The number of nitrogens with one attached hydrogen (secondary N) is 1. The van der Waals surface area contributed by atoms with E-state index in [-0.39, 0.29) is 39.8 Å². The number of primary amides is 1. The fourth-order valence-electron chi connectivity index (χ4n) is 2.70. The van der Waals surface area contributed by atoms with Gasteiger partial charge in [0.05, 0.1) is 29.2 Å². The number of anilines is 1. The zero-order valence-corrected chi connectivity index (χ0v) is 20.3. The molecule has 0 saturated heterocycles. The van der Waals surface area contributed by atoms with E-state index in [1.54, 1.807) is 12.1 Å². The topological polar surface area (TPSA) is 143 Å². The Balaban J connectivity index is 2.02. The lowest BCUT2D eigenvalue weighted by atomic mass is 10.1. The summed E-state index contributed by atoms with van der Waals surface area (Å²) in [4.78, 5) is 48.9. The Hall–Kier alpha value is -3.44. The molecule has 0 fully saturated rings. The van der Waals surface area contributed by atoms with Crippen LogP contribution in [0.15, 0.2) is 24.3 Å². The van der Waals surface area contributed by atoms with Gasteiger partial charge in [0.25, 0.3) is 11.8 Å². The maximum Gasteiger partial charge on any atom is 0.341 e. The quantitative estimate of drug-likeness (QED) is 0.340. The van der Waals surface area contributed by atoms with Gasteiger partial charge in [0.2, 0.25) is 0 Å². The molecule has 1 aromatic heterocycles. The molecular formula is C23H28N2O8S. The maximum atomic E-state index is 12.5. The van der Waals surface area contributed by atoms with Gasteiger partial charge in [-0.2, -0.15) is 0 Å². The minimum absolute atomic E-state index is 0.00608. The predicted molar refractivity (Wildman–Crippen MR) is 125 cm³/mol. The summed E-state index contributed by atoms with van der Waals surface area (Å²) in [5, 5.41) is 2.55. The molecule has 11 heteroatoms. The number of benzene rings is 1. The van der Waals surface area contributed by atoms with E-state index in [4.69, 9.17) is 24.7 Å². The van der Waals surface area contributed by atoms with Crippen LogP contribution in [0.2, 0.25) is 0 Å². The molecule has 0 unspecified atom stereocenters. The summed E-state index contributed by atoms with van der Waals surface area (Å²) >= 11 is 0.836. The van der Waals surface area contributed by atoms with E-state index in [1.165, 1.54) is 26.2 Å². The van der Waals surface area contributed by atoms with Crippen molar-refractivity contribution in [2.45, 2.75) is 20.8 Å². The minimum atomic E-state index is -0.749. The summed E-state index contributed by atoms with van der Waals surface area (Å²) in [7, 11) is 1.46. The number of thiophene rings is 1. The monoisotopic (exact) mass is 492 g/mol. The van der Waals surface area contributed by atoms with Gasteiger partial charge in [-0.1, -0.05) is 13.8 Å². The molecule has 0 bridgehead atoms. The smallest absolute Gasteiger partial charge is 0.341 e. The number of methoxy groups -OCH3 is 1. The van der Waals surface area contributed by atoms with Crippen molar-refractivity contribution in [1.29, 1.82) is 0 Å². The summed E-state index contributed by atoms with van der Waals surface area (Å²) < 4.78 is 20.6. The Morgan fingerprint density at radius 1 is 1.03 bits per heavy atom. The zero-order chi connectivity index (χ0) is 25.3. The number of hydrogen-bond acceptors (Lipinski definition) is 9. The van der Waals surface area contributed by atoms with Crippen molar-refractivity contribution in [1.82, 2.24) is 0 Å². The number of carbonyl (C=O) groups is 4. The van der Waals surface area contributed by atoms with Crippen LogP contribution in [0.3, 0.4) is 0 Å². The molecule has 0 aliphatic carbocycles. The van der Waals surface area contributed by atoms with E-state index in [0.29, 0.717) is 18.3 Å².